The van der Waals surface area contributed by atoms with Crippen LogP contribution in [-0.4, -0.2) is 25.2 Å². The summed E-state index contributed by atoms with van der Waals surface area (Å²) in [6, 6.07) is 0. The van der Waals surface area contributed by atoms with E-state index in [-0.39, 0.29) is 11.9 Å². The molecule has 0 radical (unpaired) electrons. The number of carbonyl (C=O) groups excluding carboxylic acids is 2. The van der Waals surface area contributed by atoms with E-state index in [1.165, 1.54) is 0 Å². The van der Waals surface area contributed by atoms with Gasteiger partial charge in [0.1, 0.15) is 0 Å². The second kappa shape index (κ2) is 16.9. The Bertz CT molecular complexity index is 214. The Labute approximate surface area is 117 Å². The Kier molecular flexibility index (Phi) is 18.1. The molecular formula is C15H30O4. The summed E-state index contributed by atoms with van der Waals surface area (Å²) in [5.41, 5.74) is 0. The lowest BCUT2D eigenvalue weighted by Crippen LogP contribution is -2.04. The second-order valence-electron chi connectivity index (χ2n) is 4.29. The highest BCUT2D eigenvalue weighted by atomic mass is 16.5. The van der Waals surface area contributed by atoms with Crippen molar-refractivity contribution in [1.29, 1.82) is 0 Å². The van der Waals surface area contributed by atoms with Gasteiger partial charge in [-0.1, -0.05) is 34.1 Å². The topological polar surface area (TPSA) is 52.6 Å². The van der Waals surface area contributed by atoms with Gasteiger partial charge in [-0.25, -0.2) is 0 Å². The molecule has 0 amide bonds. The second-order valence-corrected chi connectivity index (χ2v) is 4.29. The van der Waals surface area contributed by atoms with Crippen molar-refractivity contribution < 1.29 is 19.1 Å². The summed E-state index contributed by atoms with van der Waals surface area (Å²) in [7, 11) is 0. The van der Waals surface area contributed by atoms with E-state index in [0.717, 1.165) is 32.1 Å². The maximum atomic E-state index is 10.7. The molecule has 4 heteroatoms. The van der Waals surface area contributed by atoms with E-state index >= 15 is 0 Å². The van der Waals surface area contributed by atoms with Gasteiger partial charge in [0.15, 0.2) is 0 Å². The molecule has 0 atom stereocenters. The van der Waals surface area contributed by atoms with Gasteiger partial charge in [-0.3, -0.25) is 9.59 Å². The molecule has 0 saturated carbocycles. The van der Waals surface area contributed by atoms with Crippen LogP contribution in [0.4, 0.5) is 0 Å². The highest BCUT2D eigenvalue weighted by Gasteiger charge is 1.98. The lowest BCUT2D eigenvalue weighted by Gasteiger charge is -2.00. The maximum absolute atomic E-state index is 10.7. The van der Waals surface area contributed by atoms with Crippen LogP contribution in [0.5, 0.6) is 0 Å². The average Bonchev–Trinajstić information content (AvgIpc) is 2.38. The number of unbranched alkanes of at least 4 members (excludes halogenated alkanes) is 1. The molecule has 0 saturated heterocycles. The summed E-state index contributed by atoms with van der Waals surface area (Å²) in [5, 5.41) is 0. The smallest absolute Gasteiger partial charge is 0.305 e. The minimum absolute atomic E-state index is 0.0593. The molecule has 0 spiro atoms. The number of esters is 2. The molecule has 0 fully saturated rings. The van der Waals surface area contributed by atoms with Crippen molar-refractivity contribution in [2.45, 2.75) is 72.6 Å². The molecule has 19 heavy (non-hydrogen) atoms. The number of hydrogen-bond acceptors (Lipinski definition) is 4. The van der Waals surface area contributed by atoms with Gasteiger partial charge in [0.25, 0.3) is 0 Å². The van der Waals surface area contributed by atoms with Crippen LogP contribution in [0.15, 0.2) is 0 Å². The number of carbonyl (C=O) groups is 2. The molecule has 0 N–H and O–H groups in total. The summed E-state index contributed by atoms with van der Waals surface area (Å²) in [6.07, 6.45) is 5.85. The number of rotatable bonds is 9. The summed E-state index contributed by atoms with van der Waals surface area (Å²) >= 11 is 0. The number of ether oxygens (including phenoxy) is 2. The van der Waals surface area contributed by atoms with Gasteiger partial charge in [0.05, 0.1) is 13.2 Å². The molecule has 0 rings (SSSR count). The third kappa shape index (κ3) is 19.5. The highest BCUT2D eigenvalue weighted by Crippen LogP contribution is 1.94. The van der Waals surface area contributed by atoms with Crippen LogP contribution >= 0.6 is 0 Å². The quantitative estimate of drug-likeness (QED) is 0.473. The van der Waals surface area contributed by atoms with Gasteiger partial charge in [0.2, 0.25) is 0 Å². The first-order valence-corrected chi connectivity index (χ1v) is 7.43. The van der Waals surface area contributed by atoms with Crippen LogP contribution in [0.2, 0.25) is 0 Å². The Hall–Kier alpha value is -1.06. The van der Waals surface area contributed by atoms with Gasteiger partial charge in [-0.05, 0) is 25.7 Å². The van der Waals surface area contributed by atoms with Crippen molar-refractivity contribution in [2.75, 3.05) is 13.2 Å². The van der Waals surface area contributed by atoms with E-state index < -0.39 is 0 Å². The summed E-state index contributed by atoms with van der Waals surface area (Å²) < 4.78 is 9.68. The van der Waals surface area contributed by atoms with Crippen LogP contribution < -0.4 is 0 Å². The van der Waals surface area contributed by atoms with Gasteiger partial charge in [0, 0.05) is 12.8 Å². The Morgan fingerprint density at radius 3 is 1.53 bits per heavy atom. The predicted octanol–water partition coefficient (Wildman–Crippen LogP) is 3.87. The molecule has 0 aromatic rings. The zero-order valence-electron chi connectivity index (χ0n) is 13.0. The first-order valence-electron chi connectivity index (χ1n) is 7.43. The first kappa shape index (κ1) is 20.3. The third-order valence-corrected chi connectivity index (χ3v) is 2.14. The van der Waals surface area contributed by atoms with E-state index in [2.05, 4.69) is 6.92 Å². The summed E-state index contributed by atoms with van der Waals surface area (Å²) in [5.74, 6) is -0.129. The van der Waals surface area contributed by atoms with Crippen molar-refractivity contribution >= 4 is 11.9 Å². The summed E-state index contributed by atoms with van der Waals surface area (Å²) in [6.45, 7) is 9.16. The fourth-order valence-corrected chi connectivity index (χ4v) is 1.10. The Morgan fingerprint density at radius 2 is 1.16 bits per heavy atom. The normalized spacial score (nSPS) is 9.26. The molecule has 0 bridgehead atoms. The molecule has 114 valence electrons. The SMILES string of the molecule is CCCCOC(=O)CCC.CCCOC(=O)CCC. The van der Waals surface area contributed by atoms with E-state index in [4.69, 9.17) is 9.47 Å². The molecule has 0 aliphatic heterocycles. The Morgan fingerprint density at radius 1 is 0.684 bits per heavy atom. The molecule has 0 heterocycles. The predicted molar refractivity (Wildman–Crippen MR) is 76.9 cm³/mol. The summed E-state index contributed by atoms with van der Waals surface area (Å²) in [4.78, 5) is 21.3. The van der Waals surface area contributed by atoms with Crippen molar-refractivity contribution in [3.8, 4) is 0 Å². The monoisotopic (exact) mass is 274 g/mol. The molecular weight excluding hydrogens is 244 g/mol. The minimum atomic E-state index is -0.0700. The lowest BCUT2D eigenvalue weighted by molar-refractivity contribution is -0.144. The minimum Gasteiger partial charge on any atom is -0.466 e. The zero-order chi connectivity index (χ0) is 14.9. The highest BCUT2D eigenvalue weighted by molar-refractivity contribution is 5.69. The number of hydrogen-bond donors (Lipinski definition) is 0. The van der Waals surface area contributed by atoms with Gasteiger partial charge in [-0.15, -0.1) is 0 Å². The third-order valence-electron chi connectivity index (χ3n) is 2.14. The molecule has 0 unspecified atom stereocenters. The van der Waals surface area contributed by atoms with E-state index in [0.29, 0.717) is 26.1 Å². The van der Waals surface area contributed by atoms with E-state index in [9.17, 15) is 9.59 Å². The van der Waals surface area contributed by atoms with Crippen LogP contribution in [-0.2, 0) is 19.1 Å². The molecule has 0 aromatic carbocycles. The van der Waals surface area contributed by atoms with Crippen LogP contribution in [0, 0.1) is 0 Å². The van der Waals surface area contributed by atoms with Crippen molar-refractivity contribution in [3.05, 3.63) is 0 Å². The van der Waals surface area contributed by atoms with E-state index in [1.54, 1.807) is 0 Å². The standard InChI is InChI=1S/C8H16O2.C7H14O2/c1-3-5-7-10-8(9)6-4-2;1-3-5-7(8)9-6-4-2/h3-7H2,1-2H3;3-6H2,1-2H3. The van der Waals surface area contributed by atoms with Crippen molar-refractivity contribution in [1.82, 2.24) is 0 Å². The van der Waals surface area contributed by atoms with Crippen LogP contribution in [0.25, 0.3) is 0 Å². The lowest BCUT2D eigenvalue weighted by atomic mass is 10.3. The molecule has 0 aliphatic carbocycles. The fourth-order valence-electron chi connectivity index (χ4n) is 1.10. The van der Waals surface area contributed by atoms with Gasteiger partial charge in [-0.2, -0.15) is 0 Å². The zero-order valence-corrected chi connectivity index (χ0v) is 13.0. The van der Waals surface area contributed by atoms with Gasteiger partial charge >= 0.3 is 11.9 Å². The molecule has 4 nitrogen and oxygen atoms in total. The maximum Gasteiger partial charge on any atom is 0.305 e. The van der Waals surface area contributed by atoms with Crippen LogP contribution in [0.1, 0.15) is 72.6 Å². The van der Waals surface area contributed by atoms with Crippen LogP contribution in [0.3, 0.4) is 0 Å². The molecule has 0 aromatic heterocycles. The first-order chi connectivity index (χ1) is 9.12. The van der Waals surface area contributed by atoms with Gasteiger partial charge < -0.3 is 9.47 Å². The Balaban J connectivity index is 0. The fraction of sp³-hybridized carbons (Fsp3) is 0.867. The van der Waals surface area contributed by atoms with Crippen molar-refractivity contribution in [2.24, 2.45) is 0 Å². The van der Waals surface area contributed by atoms with E-state index in [1.807, 2.05) is 20.8 Å². The largest absolute Gasteiger partial charge is 0.466 e. The average molecular weight is 274 g/mol. The van der Waals surface area contributed by atoms with Crippen molar-refractivity contribution in [3.63, 3.8) is 0 Å². The molecule has 0 aliphatic rings.